The van der Waals surface area contributed by atoms with Gasteiger partial charge in [-0.15, -0.1) is 0 Å². The van der Waals surface area contributed by atoms with Crippen molar-refractivity contribution in [3.8, 4) is 0 Å². The first kappa shape index (κ1) is 11.2. The van der Waals surface area contributed by atoms with Crippen LogP contribution in [0.25, 0.3) is 0 Å². The van der Waals surface area contributed by atoms with Gasteiger partial charge in [0.25, 0.3) is 0 Å². The maximum atomic E-state index is 11.2. The highest BCUT2D eigenvalue weighted by Gasteiger charge is 2.01. The van der Waals surface area contributed by atoms with E-state index in [0.29, 0.717) is 6.04 Å². The van der Waals surface area contributed by atoms with E-state index >= 15 is 0 Å². The maximum Gasteiger partial charge on any atom is 0.0498 e. The van der Waals surface area contributed by atoms with Crippen LogP contribution in [0.4, 0.5) is 5.69 Å². The molecular weight excluding hydrogens is 194 g/mol. The lowest BCUT2D eigenvalue weighted by molar-refractivity contribution is 0.686. The first-order valence-electron chi connectivity index (χ1n) is 4.83. The summed E-state index contributed by atoms with van der Waals surface area (Å²) >= 11 is 0. The van der Waals surface area contributed by atoms with E-state index in [1.807, 2.05) is 24.3 Å². The van der Waals surface area contributed by atoms with Crippen molar-refractivity contribution in [3.63, 3.8) is 0 Å². The van der Waals surface area contributed by atoms with E-state index in [9.17, 15) is 4.21 Å². The molecule has 0 aliphatic rings. The van der Waals surface area contributed by atoms with Crippen LogP contribution in [0, 0.1) is 0 Å². The highest BCUT2D eigenvalue weighted by Crippen LogP contribution is 2.14. The van der Waals surface area contributed by atoms with E-state index in [2.05, 4.69) is 19.2 Å². The Morgan fingerprint density at radius 2 is 2.21 bits per heavy atom. The number of benzene rings is 1. The Kier molecular flexibility index (Phi) is 4.14. The van der Waals surface area contributed by atoms with Gasteiger partial charge in [-0.05, 0) is 31.5 Å². The van der Waals surface area contributed by atoms with Gasteiger partial charge in [-0.1, -0.05) is 13.0 Å². The van der Waals surface area contributed by atoms with Crippen molar-refractivity contribution >= 4 is 16.5 Å². The molecule has 2 nitrogen and oxygen atoms in total. The number of nitrogens with one attached hydrogen (secondary N) is 1. The standard InChI is InChI=1S/C11H17NOS/c1-4-9(2)12-10-6-5-7-11(8-10)14(3)13/h5-9,12H,4H2,1-3H3/t9-,14+/m0/s1. The molecule has 0 saturated heterocycles. The van der Waals surface area contributed by atoms with Gasteiger partial charge in [-0.25, -0.2) is 0 Å². The molecule has 1 aromatic carbocycles. The fourth-order valence-electron chi connectivity index (χ4n) is 1.15. The van der Waals surface area contributed by atoms with Gasteiger partial charge in [0.2, 0.25) is 0 Å². The average molecular weight is 211 g/mol. The molecule has 78 valence electrons. The van der Waals surface area contributed by atoms with Crippen LogP contribution < -0.4 is 5.32 Å². The molecular formula is C11H17NOS. The fourth-order valence-corrected chi connectivity index (χ4v) is 1.71. The molecule has 0 unspecified atom stereocenters. The Balaban J connectivity index is 2.78. The van der Waals surface area contributed by atoms with Crippen molar-refractivity contribution < 1.29 is 4.21 Å². The van der Waals surface area contributed by atoms with Crippen LogP contribution in [0.5, 0.6) is 0 Å². The summed E-state index contributed by atoms with van der Waals surface area (Å²) in [5, 5.41) is 3.35. The zero-order valence-electron chi connectivity index (χ0n) is 8.91. The fraction of sp³-hybridized carbons (Fsp3) is 0.455. The van der Waals surface area contributed by atoms with Gasteiger partial charge in [0.1, 0.15) is 0 Å². The van der Waals surface area contributed by atoms with E-state index in [4.69, 9.17) is 0 Å². The highest BCUT2D eigenvalue weighted by atomic mass is 32.2. The van der Waals surface area contributed by atoms with Crippen LogP contribution in [0.15, 0.2) is 29.2 Å². The molecule has 0 saturated carbocycles. The normalized spacial score (nSPS) is 14.8. The number of hydrogen-bond donors (Lipinski definition) is 1. The number of rotatable bonds is 4. The first-order chi connectivity index (χ1) is 6.63. The molecule has 3 heteroatoms. The predicted molar refractivity (Wildman–Crippen MR) is 62.2 cm³/mol. The van der Waals surface area contributed by atoms with Gasteiger partial charge in [0.05, 0.1) is 0 Å². The van der Waals surface area contributed by atoms with Crippen LogP contribution in [0.2, 0.25) is 0 Å². The van der Waals surface area contributed by atoms with Crippen LogP contribution in [-0.4, -0.2) is 16.5 Å². The molecule has 2 atom stereocenters. The SMILES string of the molecule is CC[C@H](C)Nc1cccc([S@@](C)=O)c1. The summed E-state index contributed by atoms with van der Waals surface area (Å²) in [5.74, 6) is 0. The van der Waals surface area contributed by atoms with Crippen LogP contribution in [0.1, 0.15) is 20.3 Å². The Hall–Kier alpha value is -0.830. The average Bonchev–Trinajstić information content (AvgIpc) is 2.18. The molecule has 0 aliphatic carbocycles. The summed E-state index contributed by atoms with van der Waals surface area (Å²) in [6.07, 6.45) is 2.78. The molecule has 0 spiro atoms. The molecule has 0 fully saturated rings. The van der Waals surface area contributed by atoms with E-state index < -0.39 is 10.8 Å². The zero-order chi connectivity index (χ0) is 10.6. The quantitative estimate of drug-likeness (QED) is 0.829. The summed E-state index contributed by atoms with van der Waals surface area (Å²) in [6.45, 7) is 4.27. The van der Waals surface area contributed by atoms with Gasteiger partial charge < -0.3 is 5.32 Å². The first-order valence-corrected chi connectivity index (χ1v) is 6.39. The van der Waals surface area contributed by atoms with Crippen molar-refractivity contribution in [3.05, 3.63) is 24.3 Å². The molecule has 0 heterocycles. The Labute approximate surface area is 88.2 Å². The van der Waals surface area contributed by atoms with E-state index in [1.165, 1.54) is 0 Å². The zero-order valence-corrected chi connectivity index (χ0v) is 9.73. The van der Waals surface area contributed by atoms with Gasteiger partial charge in [-0.3, -0.25) is 4.21 Å². The molecule has 1 aromatic rings. The summed E-state index contributed by atoms with van der Waals surface area (Å²) in [5.41, 5.74) is 1.05. The molecule has 1 N–H and O–H groups in total. The minimum atomic E-state index is -0.896. The minimum Gasteiger partial charge on any atom is -0.383 e. The van der Waals surface area contributed by atoms with Crippen LogP contribution in [0.3, 0.4) is 0 Å². The minimum absolute atomic E-state index is 0.454. The van der Waals surface area contributed by atoms with E-state index in [1.54, 1.807) is 6.26 Å². The molecule has 0 aliphatic heterocycles. The van der Waals surface area contributed by atoms with Crippen LogP contribution >= 0.6 is 0 Å². The molecule has 0 amide bonds. The van der Waals surface area contributed by atoms with Crippen molar-refractivity contribution in [1.82, 2.24) is 0 Å². The Morgan fingerprint density at radius 3 is 2.79 bits per heavy atom. The Morgan fingerprint density at radius 1 is 1.50 bits per heavy atom. The lowest BCUT2D eigenvalue weighted by Crippen LogP contribution is -2.13. The number of anilines is 1. The van der Waals surface area contributed by atoms with Crippen molar-refractivity contribution in [1.29, 1.82) is 0 Å². The van der Waals surface area contributed by atoms with Crippen molar-refractivity contribution in [2.24, 2.45) is 0 Å². The number of hydrogen-bond acceptors (Lipinski definition) is 2. The second-order valence-corrected chi connectivity index (χ2v) is 4.82. The summed E-state index contributed by atoms with van der Waals surface area (Å²) < 4.78 is 11.2. The largest absolute Gasteiger partial charge is 0.383 e. The maximum absolute atomic E-state index is 11.2. The third kappa shape index (κ3) is 3.14. The molecule has 0 bridgehead atoms. The summed E-state index contributed by atoms with van der Waals surface area (Å²) in [6, 6.07) is 8.22. The summed E-state index contributed by atoms with van der Waals surface area (Å²) in [4.78, 5) is 0.873. The molecule has 0 radical (unpaired) electrons. The van der Waals surface area contributed by atoms with Crippen LogP contribution in [-0.2, 0) is 10.8 Å². The van der Waals surface area contributed by atoms with Gasteiger partial charge >= 0.3 is 0 Å². The molecule has 14 heavy (non-hydrogen) atoms. The van der Waals surface area contributed by atoms with Crippen molar-refractivity contribution in [2.45, 2.75) is 31.2 Å². The third-order valence-corrected chi connectivity index (χ3v) is 3.11. The van der Waals surface area contributed by atoms with E-state index in [0.717, 1.165) is 17.0 Å². The smallest absolute Gasteiger partial charge is 0.0498 e. The lowest BCUT2D eigenvalue weighted by atomic mass is 10.2. The molecule has 1 rings (SSSR count). The third-order valence-electron chi connectivity index (χ3n) is 2.19. The topological polar surface area (TPSA) is 29.1 Å². The molecule has 0 aromatic heterocycles. The second kappa shape index (κ2) is 5.15. The van der Waals surface area contributed by atoms with Gasteiger partial charge in [0, 0.05) is 33.7 Å². The Bertz CT molecular complexity index is 325. The lowest BCUT2D eigenvalue weighted by Gasteiger charge is -2.13. The van der Waals surface area contributed by atoms with Gasteiger partial charge in [0.15, 0.2) is 0 Å². The highest BCUT2D eigenvalue weighted by molar-refractivity contribution is 7.84. The van der Waals surface area contributed by atoms with E-state index in [-0.39, 0.29) is 0 Å². The second-order valence-electron chi connectivity index (χ2n) is 3.44. The predicted octanol–water partition coefficient (Wildman–Crippen LogP) is 2.63. The van der Waals surface area contributed by atoms with Crippen molar-refractivity contribution in [2.75, 3.05) is 11.6 Å². The summed E-state index contributed by atoms with van der Waals surface area (Å²) in [7, 11) is -0.896. The van der Waals surface area contributed by atoms with Gasteiger partial charge in [-0.2, -0.15) is 0 Å². The monoisotopic (exact) mass is 211 g/mol.